The van der Waals surface area contributed by atoms with Gasteiger partial charge in [0.05, 0.1) is 11.2 Å². The minimum atomic E-state index is 0.0188. The Balaban J connectivity index is 2.63. The Morgan fingerprint density at radius 1 is 1.40 bits per heavy atom. The lowest BCUT2D eigenvalue weighted by molar-refractivity contribution is 0.426. The summed E-state index contributed by atoms with van der Waals surface area (Å²) in [6, 6.07) is 2.30. The topological polar surface area (TPSA) is 21.1 Å². The molecule has 2 rings (SSSR count). The first kappa shape index (κ1) is 15.0. The van der Waals surface area contributed by atoms with E-state index in [4.69, 9.17) is 17.2 Å². The number of fused-ring (bicyclic) bond motifs is 1. The average molecular weight is 289 g/mol. The van der Waals surface area contributed by atoms with E-state index in [0.717, 1.165) is 34.0 Å². The van der Waals surface area contributed by atoms with E-state index in [0.29, 0.717) is 6.04 Å². The van der Waals surface area contributed by atoms with E-state index in [9.17, 15) is 0 Å². The number of hydrogen-bond donors (Lipinski definition) is 0. The maximum Gasteiger partial charge on any atom is 0.207 e. The van der Waals surface area contributed by atoms with E-state index in [2.05, 4.69) is 50.3 Å². The third-order valence-electron chi connectivity index (χ3n) is 3.74. The van der Waals surface area contributed by atoms with Crippen molar-refractivity contribution in [2.24, 2.45) is 0 Å². The monoisotopic (exact) mass is 289 g/mol. The molecule has 0 saturated carbocycles. The molecular formula is C16H23N3S. The first-order valence-electron chi connectivity index (χ1n) is 6.91. The quantitative estimate of drug-likeness (QED) is 0.614. The normalized spacial score (nSPS) is 16.4. The van der Waals surface area contributed by atoms with Crippen LogP contribution in [0.25, 0.3) is 5.57 Å². The van der Waals surface area contributed by atoms with Gasteiger partial charge in [0.15, 0.2) is 0 Å². The molecule has 0 N–H and O–H groups in total. The van der Waals surface area contributed by atoms with E-state index in [1.165, 1.54) is 0 Å². The van der Waals surface area contributed by atoms with Gasteiger partial charge in [0.2, 0.25) is 5.95 Å². The predicted octanol–water partition coefficient (Wildman–Crippen LogP) is 4.21. The van der Waals surface area contributed by atoms with Gasteiger partial charge in [-0.1, -0.05) is 25.4 Å². The molecule has 2 heterocycles. The summed E-state index contributed by atoms with van der Waals surface area (Å²) in [5.41, 5.74) is 2.63. The minimum absolute atomic E-state index is 0.0188. The van der Waals surface area contributed by atoms with Gasteiger partial charge in [-0.05, 0) is 51.8 Å². The molecule has 0 radical (unpaired) electrons. The Kier molecular flexibility index (Phi) is 3.63. The molecule has 1 aromatic heterocycles. The Morgan fingerprint density at radius 3 is 2.50 bits per heavy atom. The van der Waals surface area contributed by atoms with Gasteiger partial charge in [0, 0.05) is 12.6 Å². The average Bonchev–Trinajstić information content (AvgIpc) is 2.58. The Hall–Kier alpha value is -1.42. The third kappa shape index (κ3) is 2.33. The summed E-state index contributed by atoms with van der Waals surface area (Å²) in [6.45, 7) is 19.6. The summed E-state index contributed by atoms with van der Waals surface area (Å²) in [6.07, 6.45) is 0. The van der Waals surface area contributed by atoms with Crippen LogP contribution in [0.4, 0.5) is 5.95 Å². The number of rotatable bonds is 3. The van der Waals surface area contributed by atoms with Crippen LogP contribution in [0.2, 0.25) is 0 Å². The molecule has 0 amide bonds. The predicted molar refractivity (Wildman–Crippen MR) is 88.6 cm³/mol. The highest BCUT2D eigenvalue weighted by molar-refractivity contribution is 7.71. The molecule has 108 valence electrons. The molecule has 0 unspecified atom stereocenters. The Bertz CT molecular complexity index is 638. The molecule has 20 heavy (non-hydrogen) atoms. The van der Waals surface area contributed by atoms with E-state index >= 15 is 0 Å². The zero-order valence-electron chi connectivity index (χ0n) is 13.0. The van der Waals surface area contributed by atoms with Crippen LogP contribution in [-0.2, 0) is 6.54 Å². The second-order valence-corrected chi connectivity index (χ2v) is 6.82. The van der Waals surface area contributed by atoms with Crippen LogP contribution in [0, 0.1) is 4.64 Å². The molecule has 1 aliphatic heterocycles. The van der Waals surface area contributed by atoms with Crippen LogP contribution in [0.5, 0.6) is 0 Å². The van der Waals surface area contributed by atoms with E-state index in [1.807, 2.05) is 13.0 Å². The first-order chi connectivity index (χ1) is 9.15. The van der Waals surface area contributed by atoms with Crippen molar-refractivity contribution in [1.29, 1.82) is 0 Å². The molecule has 4 heteroatoms. The van der Waals surface area contributed by atoms with Crippen LogP contribution >= 0.6 is 12.2 Å². The molecule has 1 aliphatic rings. The van der Waals surface area contributed by atoms with Gasteiger partial charge >= 0.3 is 0 Å². The number of anilines is 1. The Morgan fingerprint density at radius 2 is 2.00 bits per heavy atom. The van der Waals surface area contributed by atoms with Crippen LogP contribution in [0.1, 0.15) is 40.3 Å². The lowest BCUT2D eigenvalue weighted by Crippen LogP contribution is -2.45. The maximum atomic E-state index is 5.54. The molecule has 0 atom stereocenters. The van der Waals surface area contributed by atoms with Crippen molar-refractivity contribution >= 4 is 23.7 Å². The van der Waals surface area contributed by atoms with Crippen molar-refractivity contribution in [1.82, 2.24) is 9.55 Å². The summed E-state index contributed by atoms with van der Waals surface area (Å²) in [5, 5.41) is 0. The smallest absolute Gasteiger partial charge is 0.207 e. The maximum absolute atomic E-state index is 5.54. The third-order valence-corrected chi connectivity index (χ3v) is 4.08. The van der Waals surface area contributed by atoms with Gasteiger partial charge in [-0.25, -0.2) is 4.98 Å². The van der Waals surface area contributed by atoms with Crippen molar-refractivity contribution < 1.29 is 0 Å². The summed E-state index contributed by atoms with van der Waals surface area (Å²) >= 11 is 5.54. The van der Waals surface area contributed by atoms with Gasteiger partial charge in [0.25, 0.3) is 0 Å². The number of allylic oxidation sites excluding steroid dienone is 2. The fourth-order valence-corrected chi connectivity index (χ4v) is 3.12. The second kappa shape index (κ2) is 4.85. The van der Waals surface area contributed by atoms with Crippen molar-refractivity contribution in [2.45, 2.75) is 52.7 Å². The highest BCUT2D eigenvalue weighted by atomic mass is 32.1. The molecule has 1 aromatic rings. The fraction of sp³-hybridized carbons (Fsp3) is 0.500. The SMILES string of the molecule is C=C(C)C(=C)c1cc(=S)n2c(n1)N(C(C)C)C(C)(C)C2. The lowest BCUT2D eigenvalue weighted by Gasteiger charge is -2.35. The molecule has 0 aromatic carbocycles. The molecule has 0 aliphatic carbocycles. The molecule has 0 spiro atoms. The molecule has 0 fully saturated rings. The van der Waals surface area contributed by atoms with E-state index in [1.54, 1.807) is 0 Å². The van der Waals surface area contributed by atoms with Crippen molar-refractivity contribution in [3.8, 4) is 0 Å². The molecule has 3 nitrogen and oxygen atoms in total. The first-order valence-corrected chi connectivity index (χ1v) is 7.32. The highest BCUT2D eigenvalue weighted by Crippen LogP contribution is 2.35. The summed E-state index contributed by atoms with van der Waals surface area (Å²) in [7, 11) is 0. The summed E-state index contributed by atoms with van der Waals surface area (Å²) in [5.74, 6) is 0.940. The molecule has 0 bridgehead atoms. The molecular weight excluding hydrogens is 266 g/mol. The zero-order chi connectivity index (χ0) is 15.2. The summed E-state index contributed by atoms with van der Waals surface area (Å²) in [4.78, 5) is 7.13. The lowest BCUT2D eigenvalue weighted by atomic mass is 10.0. The molecule has 0 saturated heterocycles. The van der Waals surface area contributed by atoms with Gasteiger partial charge in [-0.15, -0.1) is 0 Å². The van der Waals surface area contributed by atoms with Crippen molar-refractivity contribution in [3.05, 3.63) is 35.1 Å². The standard InChI is InChI=1S/C16H23N3S/c1-10(2)12(5)13-8-14(20)18-9-16(6,7)19(11(3)4)15(18)17-13/h8,11H,1,5,9H2,2-4,6-7H3. The van der Waals surface area contributed by atoms with Gasteiger partial charge in [-0.3, -0.25) is 0 Å². The Labute approximate surface area is 126 Å². The van der Waals surface area contributed by atoms with Gasteiger partial charge in [0.1, 0.15) is 4.64 Å². The second-order valence-electron chi connectivity index (χ2n) is 6.40. The van der Waals surface area contributed by atoms with Crippen LogP contribution in [0.3, 0.4) is 0 Å². The van der Waals surface area contributed by atoms with Gasteiger partial charge in [-0.2, -0.15) is 0 Å². The number of hydrogen-bond acceptors (Lipinski definition) is 3. The van der Waals surface area contributed by atoms with Crippen LogP contribution in [-0.4, -0.2) is 21.1 Å². The van der Waals surface area contributed by atoms with Crippen molar-refractivity contribution in [3.63, 3.8) is 0 Å². The summed E-state index contributed by atoms with van der Waals surface area (Å²) < 4.78 is 2.92. The highest BCUT2D eigenvalue weighted by Gasteiger charge is 2.39. The van der Waals surface area contributed by atoms with E-state index < -0.39 is 0 Å². The minimum Gasteiger partial charge on any atom is -0.333 e. The number of nitrogens with zero attached hydrogens (tertiary/aromatic N) is 3. The number of aromatic nitrogens is 2. The van der Waals surface area contributed by atoms with Crippen molar-refractivity contribution in [2.75, 3.05) is 4.90 Å². The zero-order valence-corrected chi connectivity index (χ0v) is 13.8. The largest absolute Gasteiger partial charge is 0.333 e. The fourth-order valence-electron chi connectivity index (χ4n) is 2.86. The van der Waals surface area contributed by atoms with Gasteiger partial charge < -0.3 is 9.47 Å². The van der Waals surface area contributed by atoms with Crippen LogP contribution < -0.4 is 4.90 Å². The van der Waals surface area contributed by atoms with E-state index in [-0.39, 0.29) is 5.54 Å². The van der Waals surface area contributed by atoms with Crippen LogP contribution in [0.15, 0.2) is 24.8 Å².